The molecule has 1 atom stereocenters. The molecule has 4 rings (SSSR count). The first-order valence-corrected chi connectivity index (χ1v) is 10.1. The smallest absolute Gasteiger partial charge is 0.297 e. The van der Waals surface area contributed by atoms with E-state index in [9.17, 15) is 14.7 Å². The number of aromatic hydroxyl groups is 1. The number of pyridine rings is 1. The second kappa shape index (κ2) is 9.13. The van der Waals surface area contributed by atoms with Gasteiger partial charge in [0.25, 0.3) is 11.5 Å². The van der Waals surface area contributed by atoms with Crippen LogP contribution < -0.4 is 15.8 Å². The van der Waals surface area contributed by atoms with Crippen LogP contribution in [0.5, 0.6) is 5.75 Å². The van der Waals surface area contributed by atoms with Gasteiger partial charge in [-0.1, -0.05) is 41.0 Å². The van der Waals surface area contributed by atoms with Crippen LogP contribution in [0.3, 0.4) is 0 Å². The molecule has 0 aliphatic carbocycles. The number of nitrogens with zero attached hydrogens (tertiary/aromatic N) is 5. The van der Waals surface area contributed by atoms with Crippen LogP contribution in [-0.4, -0.2) is 37.8 Å². The molecule has 1 unspecified atom stereocenters. The quantitative estimate of drug-likeness (QED) is 0.444. The number of aromatic nitrogens is 4. The lowest BCUT2D eigenvalue weighted by atomic mass is 10.0. The maximum absolute atomic E-state index is 12.8. The third-order valence-corrected chi connectivity index (χ3v) is 5.36. The van der Waals surface area contributed by atoms with Crippen LogP contribution in [0, 0.1) is 0 Å². The Kier molecular flexibility index (Phi) is 6.09. The van der Waals surface area contributed by atoms with Crippen LogP contribution >= 0.6 is 11.6 Å². The number of benzene rings is 1. The van der Waals surface area contributed by atoms with E-state index in [0.29, 0.717) is 10.7 Å². The molecule has 0 fully saturated rings. The number of amides is 1. The van der Waals surface area contributed by atoms with E-state index >= 15 is 0 Å². The normalized spacial score (nSPS) is 11.7. The summed E-state index contributed by atoms with van der Waals surface area (Å²) >= 11 is 6.50. The minimum atomic E-state index is -0.796. The molecule has 0 radical (unpaired) electrons. The maximum Gasteiger partial charge on any atom is 0.297 e. The van der Waals surface area contributed by atoms with E-state index in [0.717, 1.165) is 10.1 Å². The van der Waals surface area contributed by atoms with Crippen LogP contribution in [0.15, 0.2) is 70.4 Å². The first kappa shape index (κ1) is 22.0. The highest BCUT2D eigenvalue weighted by molar-refractivity contribution is 6.31. The monoisotopic (exact) mass is 466 g/mol. The topological polar surface area (TPSA) is 126 Å². The molecule has 4 aromatic rings. The molecule has 11 heteroatoms. The van der Waals surface area contributed by atoms with E-state index in [4.69, 9.17) is 11.6 Å². The zero-order chi connectivity index (χ0) is 23.5. The van der Waals surface area contributed by atoms with Crippen molar-refractivity contribution in [3.63, 3.8) is 0 Å². The van der Waals surface area contributed by atoms with Crippen molar-refractivity contribution in [3.05, 3.63) is 93.4 Å². The minimum absolute atomic E-state index is 0.115. The van der Waals surface area contributed by atoms with Gasteiger partial charge in [0.05, 0.1) is 11.9 Å². The van der Waals surface area contributed by atoms with E-state index in [1.807, 2.05) is 30.3 Å². The number of carbonyl (C=O) groups excluding carboxylic acids is 1. The molecule has 168 valence electrons. The summed E-state index contributed by atoms with van der Waals surface area (Å²) in [6.07, 6.45) is 4.13. The van der Waals surface area contributed by atoms with E-state index < -0.39 is 29.0 Å². The van der Waals surface area contributed by atoms with Crippen LogP contribution in [0.4, 0.5) is 11.6 Å². The minimum Gasteiger partial charge on any atom is -0.501 e. The third-order valence-electron chi connectivity index (χ3n) is 5.02. The Labute approximate surface area is 193 Å². The van der Waals surface area contributed by atoms with Gasteiger partial charge in [-0.2, -0.15) is 0 Å². The highest BCUT2D eigenvalue weighted by Crippen LogP contribution is 2.34. The molecular weight excluding hydrogens is 448 g/mol. The van der Waals surface area contributed by atoms with Gasteiger partial charge in [-0.05, 0) is 23.8 Å². The lowest BCUT2D eigenvalue weighted by Gasteiger charge is -2.31. The molecule has 0 saturated carbocycles. The predicted molar refractivity (Wildman–Crippen MR) is 122 cm³/mol. The summed E-state index contributed by atoms with van der Waals surface area (Å²) < 4.78 is 5.84. The van der Waals surface area contributed by atoms with Crippen LogP contribution in [0.25, 0.3) is 0 Å². The highest BCUT2D eigenvalue weighted by atomic mass is 35.5. The average molecular weight is 467 g/mol. The van der Waals surface area contributed by atoms with Crippen molar-refractivity contribution in [3.8, 4) is 5.75 Å². The second-order valence-electron chi connectivity index (χ2n) is 7.13. The van der Waals surface area contributed by atoms with Crippen molar-refractivity contribution >= 4 is 29.1 Å². The van der Waals surface area contributed by atoms with Gasteiger partial charge in [-0.25, -0.2) is 4.98 Å². The molecule has 2 N–H and O–H groups in total. The Morgan fingerprint density at radius 1 is 1.24 bits per heavy atom. The molecule has 1 aromatic carbocycles. The fourth-order valence-electron chi connectivity index (χ4n) is 3.43. The summed E-state index contributed by atoms with van der Waals surface area (Å²) in [6.45, 7) is 0. The Balaban J connectivity index is 1.83. The van der Waals surface area contributed by atoms with E-state index in [2.05, 4.69) is 25.0 Å². The largest absolute Gasteiger partial charge is 0.501 e. The Morgan fingerprint density at radius 2 is 2.00 bits per heavy atom. The Morgan fingerprint density at radius 3 is 2.67 bits per heavy atom. The first-order valence-electron chi connectivity index (χ1n) is 9.77. The summed E-state index contributed by atoms with van der Waals surface area (Å²) in [5, 5.41) is 16.8. The number of hydrogen-bond donors (Lipinski definition) is 2. The molecule has 0 aliphatic heterocycles. The Hall–Kier alpha value is -4.18. The van der Waals surface area contributed by atoms with Gasteiger partial charge in [0, 0.05) is 25.3 Å². The zero-order valence-electron chi connectivity index (χ0n) is 17.6. The molecule has 33 heavy (non-hydrogen) atoms. The molecule has 0 spiro atoms. The van der Waals surface area contributed by atoms with E-state index in [1.165, 1.54) is 19.5 Å². The van der Waals surface area contributed by atoms with Gasteiger partial charge in [-0.3, -0.25) is 19.1 Å². The molecule has 1 amide bonds. The second-order valence-corrected chi connectivity index (χ2v) is 7.54. The SMILES string of the molecule is CN(c1nc(C(=O)Nc2cnoc2)c(O)c(=O)n1C)C(c1ccccn1)c1ccccc1Cl. The first-order chi connectivity index (χ1) is 15.9. The van der Waals surface area contributed by atoms with Crippen molar-refractivity contribution in [1.82, 2.24) is 19.7 Å². The number of rotatable bonds is 6. The third kappa shape index (κ3) is 4.28. The molecule has 0 aliphatic rings. The van der Waals surface area contributed by atoms with Crippen LogP contribution in [-0.2, 0) is 7.05 Å². The number of hydrogen-bond acceptors (Lipinski definition) is 8. The molecular formula is C22H19ClN6O4. The van der Waals surface area contributed by atoms with Crippen molar-refractivity contribution in [2.24, 2.45) is 7.05 Å². The van der Waals surface area contributed by atoms with E-state index in [-0.39, 0.29) is 11.6 Å². The van der Waals surface area contributed by atoms with Gasteiger partial charge < -0.3 is 19.8 Å². The van der Waals surface area contributed by atoms with Crippen molar-refractivity contribution in [1.29, 1.82) is 0 Å². The van der Waals surface area contributed by atoms with Crippen molar-refractivity contribution < 1.29 is 14.4 Å². The Bertz CT molecular complexity index is 1340. The molecule has 10 nitrogen and oxygen atoms in total. The molecule has 0 bridgehead atoms. The van der Waals surface area contributed by atoms with Crippen molar-refractivity contribution in [2.45, 2.75) is 6.04 Å². The van der Waals surface area contributed by atoms with Gasteiger partial charge >= 0.3 is 0 Å². The fraction of sp³-hybridized carbons (Fsp3) is 0.136. The lowest BCUT2D eigenvalue weighted by Crippen LogP contribution is -2.34. The van der Waals surface area contributed by atoms with Gasteiger partial charge in [0.15, 0.2) is 5.69 Å². The zero-order valence-corrected chi connectivity index (χ0v) is 18.4. The van der Waals surface area contributed by atoms with Crippen LogP contribution in [0.1, 0.15) is 27.8 Å². The van der Waals surface area contributed by atoms with Crippen molar-refractivity contribution in [2.75, 3.05) is 17.3 Å². The summed E-state index contributed by atoms with van der Waals surface area (Å²) in [4.78, 5) is 36.0. The number of anilines is 2. The highest BCUT2D eigenvalue weighted by Gasteiger charge is 2.28. The van der Waals surface area contributed by atoms with Gasteiger partial charge in [0.2, 0.25) is 11.7 Å². The summed E-state index contributed by atoms with van der Waals surface area (Å²) in [7, 11) is 3.15. The summed E-state index contributed by atoms with van der Waals surface area (Å²) in [5.41, 5.74) is 0.379. The average Bonchev–Trinajstić information content (AvgIpc) is 3.32. The van der Waals surface area contributed by atoms with Crippen LogP contribution in [0.2, 0.25) is 5.02 Å². The number of carbonyl (C=O) groups is 1. The number of halogens is 1. The summed E-state index contributed by atoms with van der Waals surface area (Å²) in [5.74, 6) is -1.46. The predicted octanol–water partition coefficient (Wildman–Crippen LogP) is 3.00. The van der Waals surface area contributed by atoms with E-state index in [1.54, 1.807) is 30.3 Å². The number of nitrogens with one attached hydrogen (secondary N) is 1. The summed E-state index contributed by atoms with van der Waals surface area (Å²) in [6, 6.07) is 12.1. The molecule has 0 saturated heterocycles. The standard InChI is InChI=1S/C22H19ClN6O4/c1-28(18(16-9-5-6-10-24-16)14-7-3-4-8-15(14)23)22-27-17(19(30)21(32)29(22)2)20(31)26-13-11-25-33-12-13/h3-12,18,30H,1-2H3,(H,26,31). The molecule has 3 heterocycles. The van der Waals surface area contributed by atoms with Gasteiger partial charge in [-0.15, -0.1) is 0 Å². The van der Waals surface area contributed by atoms with Gasteiger partial charge in [0.1, 0.15) is 18.0 Å². The maximum atomic E-state index is 12.8. The fourth-order valence-corrected chi connectivity index (χ4v) is 3.67. The molecule has 3 aromatic heterocycles. The lowest BCUT2D eigenvalue weighted by molar-refractivity contribution is 0.101.